The molecule has 0 radical (unpaired) electrons. The van der Waals surface area contributed by atoms with Gasteiger partial charge in [0.05, 0.1) is 13.3 Å². The molecule has 5 heteroatoms. The molecule has 0 aliphatic carbocycles. The number of nitrogens with zero attached hydrogens (tertiary/aromatic N) is 1. The summed E-state index contributed by atoms with van der Waals surface area (Å²) in [5.41, 5.74) is 0.0447. The summed E-state index contributed by atoms with van der Waals surface area (Å²) in [5, 5.41) is 9.46. The second-order valence-electron chi connectivity index (χ2n) is 3.58. The fourth-order valence-corrected chi connectivity index (χ4v) is 1.51. The number of hydrogen-bond donors (Lipinski definition) is 1. The first-order valence-corrected chi connectivity index (χ1v) is 5.15. The Hall–Kier alpha value is -2.43. The number of aromatic hydroxyl groups is 1. The van der Waals surface area contributed by atoms with Crippen LogP contribution in [0.3, 0.4) is 0 Å². The average Bonchev–Trinajstić information content (AvgIpc) is 2.53. The quantitative estimate of drug-likeness (QED) is 0.881. The van der Waals surface area contributed by atoms with Crippen molar-refractivity contribution < 1.29 is 14.2 Å². The third-order valence-corrected chi connectivity index (χ3v) is 2.42. The molecule has 0 amide bonds. The van der Waals surface area contributed by atoms with E-state index in [1.807, 2.05) is 0 Å². The van der Waals surface area contributed by atoms with Crippen LogP contribution in [-0.4, -0.2) is 17.2 Å². The molecular formula is C13H10FNO3. The lowest BCUT2D eigenvalue weighted by Gasteiger charge is -2.04. The Labute approximate surface area is 102 Å². The zero-order chi connectivity index (χ0) is 13.1. The normalized spacial score (nSPS) is 10.1. The van der Waals surface area contributed by atoms with Crippen molar-refractivity contribution in [2.24, 2.45) is 0 Å². The number of ether oxygens (including phenoxy) is 1. The van der Waals surface area contributed by atoms with Gasteiger partial charge in [0.25, 0.3) is 0 Å². The van der Waals surface area contributed by atoms with E-state index >= 15 is 0 Å². The summed E-state index contributed by atoms with van der Waals surface area (Å²) in [6, 6.07) is 6.78. The molecule has 1 aromatic heterocycles. The first-order valence-electron chi connectivity index (χ1n) is 5.15. The highest BCUT2D eigenvalue weighted by Gasteiger charge is 2.08. The number of halogens is 1. The van der Waals surface area contributed by atoms with Crippen molar-refractivity contribution in [3.05, 3.63) is 52.6 Å². The van der Waals surface area contributed by atoms with Crippen LogP contribution in [0.5, 0.6) is 11.6 Å². The molecule has 1 heterocycles. The Morgan fingerprint density at radius 1 is 1.33 bits per heavy atom. The molecular weight excluding hydrogens is 237 g/mol. The highest BCUT2D eigenvalue weighted by molar-refractivity contribution is 5.65. The Morgan fingerprint density at radius 3 is 2.83 bits per heavy atom. The zero-order valence-electron chi connectivity index (χ0n) is 9.55. The van der Waals surface area contributed by atoms with E-state index in [1.54, 1.807) is 0 Å². The number of pyridine rings is 1. The van der Waals surface area contributed by atoms with E-state index in [0.717, 1.165) is 6.20 Å². The molecule has 1 N–H and O–H groups in total. The molecule has 0 saturated heterocycles. The van der Waals surface area contributed by atoms with Gasteiger partial charge in [-0.05, 0) is 17.7 Å². The van der Waals surface area contributed by atoms with Gasteiger partial charge >= 0.3 is 0 Å². The molecule has 18 heavy (non-hydrogen) atoms. The lowest BCUT2D eigenvalue weighted by atomic mass is 10.1. The maximum atomic E-state index is 13.7. The van der Waals surface area contributed by atoms with Crippen LogP contribution in [0, 0.1) is 5.82 Å². The predicted octanol–water partition coefficient (Wildman–Crippen LogP) is 1.96. The summed E-state index contributed by atoms with van der Waals surface area (Å²) in [6.07, 6.45) is 1.02. The standard InChI is InChI=1S/C13H10FNO3/c1-18-13-6-9(10(14)7-15-13)8-3-2-4-11(16)12(17)5-8/h2-7H,1H3,(H,16,17). The summed E-state index contributed by atoms with van der Waals surface area (Å²) >= 11 is 0. The Kier molecular flexibility index (Phi) is 3.23. The third kappa shape index (κ3) is 2.29. The lowest BCUT2D eigenvalue weighted by Crippen LogP contribution is -1.92. The average molecular weight is 247 g/mol. The van der Waals surface area contributed by atoms with Gasteiger partial charge in [-0.25, -0.2) is 9.37 Å². The van der Waals surface area contributed by atoms with E-state index in [1.165, 1.54) is 37.4 Å². The minimum Gasteiger partial charge on any atom is -0.504 e. The molecule has 4 nitrogen and oxygen atoms in total. The topological polar surface area (TPSA) is 59.4 Å². The van der Waals surface area contributed by atoms with Gasteiger partial charge in [0, 0.05) is 11.6 Å². The van der Waals surface area contributed by atoms with Crippen LogP contribution in [0.25, 0.3) is 11.1 Å². The number of rotatable bonds is 2. The summed E-state index contributed by atoms with van der Waals surface area (Å²) < 4.78 is 18.6. The maximum absolute atomic E-state index is 13.7. The number of methoxy groups -OCH3 is 1. The van der Waals surface area contributed by atoms with E-state index in [-0.39, 0.29) is 11.4 Å². The summed E-state index contributed by atoms with van der Waals surface area (Å²) in [7, 11) is 1.42. The first-order chi connectivity index (χ1) is 8.61. The fourth-order valence-electron chi connectivity index (χ4n) is 1.51. The lowest BCUT2D eigenvalue weighted by molar-refractivity contribution is 0.396. The molecule has 0 bridgehead atoms. The zero-order valence-corrected chi connectivity index (χ0v) is 9.55. The molecule has 1 aromatic carbocycles. The largest absolute Gasteiger partial charge is 0.504 e. The molecule has 0 aliphatic heterocycles. The monoisotopic (exact) mass is 247 g/mol. The van der Waals surface area contributed by atoms with E-state index in [9.17, 15) is 14.3 Å². The summed E-state index contributed by atoms with van der Waals surface area (Å²) in [5.74, 6) is -0.751. The van der Waals surface area contributed by atoms with Gasteiger partial charge in [-0.3, -0.25) is 4.79 Å². The van der Waals surface area contributed by atoms with Crippen molar-refractivity contribution >= 4 is 0 Å². The highest BCUT2D eigenvalue weighted by atomic mass is 19.1. The molecule has 92 valence electrons. The predicted molar refractivity (Wildman–Crippen MR) is 64.1 cm³/mol. The van der Waals surface area contributed by atoms with Crippen molar-refractivity contribution in [3.63, 3.8) is 0 Å². The molecule has 0 fully saturated rings. The third-order valence-electron chi connectivity index (χ3n) is 2.42. The van der Waals surface area contributed by atoms with Crippen molar-refractivity contribution in [2.75, 3.05) is 7.11 Å². The van der Waals surface area contributed by atoms with Crippen LogP contribution in [-0.2, 0) is 0 Å². The Morgan fingerprint density at radius 2 is 2.11 bits per heavy atom. The van der Waals surface area contributed by atoms with Gasteiger partial charge in [0.15, 0.2) is 5.75 Å². The van der Waals surface area contributed by atoms with Crippen LogP contribution >= 0.6 is 0 Å². The van der Waals surface area contributed by atoms with Crippen LogP contribution in [0.1, 0.15) is 0 Å². The van der Waals surface area contributed by atoms with Crippen LogP contribution < -0.4 is 10.2 Å². The van der Waals surface area contributed by atoms with E-state index in [0.29, 0.717) is 5.56 Å². The minimum atomic E-state index is -0.561. The maximum Gasteiger partial charge on any atom is 0.220 e. The number of aromatic nitrogens is 1. The van der Waals surface area contributed by atoms with Crippen molar-refractivity contribution in [1.82, 2.24) is 4.98 Å². The van der Waals surface area contributed by atoms with Gasteiger partial charge in [0.1, 0.15) is 5.82 Å². The minimum absolute atomic E-state index is 0.202. The summed E-state index contributed by atoms with van der Waals surface area (Å²) in [4.78, 5) is 14.9. The molecule has 0 unspecified atom stereocenters. The van der Waals surface area contributed by atoms with Gasteiger partial charge in [0.2, 0.25) is 11.3 Å². The second-order valence-corrected chi connectivity index (χ2v) is 3.58. The van der Waals surface area contributed by atoms with Gasteiger partial charge in [-0.15, -0.1) is 0 Å². The van der Waals surface area contributed by atoms with Crippen molar-refractivity contribution in [2.45, 2.75) is 0 Å². The van der Waals surface area contributed by atoms with Gasteiger partial charge in [-0.2, -0.15) is 0 Å². The van der Waals surface area contributed by atoms with Crippen molar-refractivity contribution in [3.8, 4) is 22.8 Å². The molecule has 2 aromatic rings. The van der Waals surface area contributed by atoms with Gasteiger partial charge < -0.3 is 9.84 Å². The van der Waals surface area contributed by atoms with Crippen LogP contribution in [0.4, 0.5) is 4.39 Å². The molecule has 0 atom stereocenters. The van der Waals surface area contributed by atoms with E-state index in [4.69, 9.17) is 4.74 Å². The Bertz CT molecular complexity index is 643. The molecule has 0 spiro atoms. The van der Waals surface area contributed by atoms with Crippen molar-refractivity contribution in [1.29, 1.82) is 0 Å². The van der Waals surface area contributed by atoms with E-state index in [2.05, 4.69) is 4.98 Å². The van der Waals surface area contributed by atoms with Crippen LogP contribution in [0.15, 0.2) is 41.3 Å². The Balaban J connectivity index is 2.65. The highest BCUT2D eigenvalue weighted by Crippen LogP contribution is 2.25. The fraction of sp³-hybridized carbons (Fsp3) is 0.0769. The smallest absolute Gasteiger partial charge is 0.220 e. The molecule has 2 rings (SSSR count). The first kappa shape index (κ1) is 12.0. The second kappa shape index (κ2) is 4.83. The number of hydrogen-bond acceptors (Lipinski definition) is 4. The summed E-state index contributed by atoms with van der Waals surface area (Å²) in [6.45, 7) is 0. The van der Waals surface area contributed by atoms with Crippen LogP contribution in [0.2, 0.25) is 0 Å². The molecule has 0 aliphatic rings. The molecule has 0 saturated carbocycles. The van der Waals surface area contributed by atoms with Gasteiger partial charge in [-0.1, -0.05) is 12.1 Å². The SMILES string of the molecule is COc1cc(-c2cccc(=O)c(O)c2)c(F)cn1. The van der Waals surface area contributed by atoms with E-state index < -0.39 is 17.0 Å².